The minimum atomic E-state index is -0.00958. The van der Waals surface area contributed by atoms with Crippen molar-refractivity contribution in [2.24, 2.45) is 11.7 Å². The molecule has 2 rings (SSSR count). The lowest BCUT2D eigenvalue weighted by Gasteiger charge is -2.30. The van der Waals surface area contributed by atoms with Crippen LogP contribution in [0.3, 0.4) is 0 Å². The van der Waals surface area contributed by atoms with Crippen molar-refractivity contribution in [1.82, 2.24) is 4.90 Å². The van der Waals surface area contributed by atoms with Crippen molar-refractivity contribution in [3.63, 3.8) is 0 Å². The highest BCUT2D eigenvalue weighted by atomic mass is 16.3. The van der Waals surface area contributed by atoms with Crippen LogP contribution >= 0.6 is 0 Å². The Kier molecular flexibility index (Phi) is 4.40. The number of aliphatic hydroxyl groups is 1. The molecule has 1 heterocycles. The minimum Gasteiger partial charge on any atom is -0.394 e. The van der Waals surface area contributed by atoms with Crippen molar-refractivity contribution >= 4 is 5.91 Å². The largest absolute Gasteiger partial charge is 0.394 e. The fourth-order valence-corrected chi connectivity index (χ4v) is 3.17. The van der Waals surface area contributed by atoms with Crippen LogP contribution in [0.15, 0.2) is 0 Å². The van der Waals surface area contributed by atoms with Crippen LogP contribution in [0.1, 0.15) is 44.9 Å². The van der Waals surface area contributed by atoms with E-state index in [2.05, 4.69) is 0 Å². The Labute approximate surface area is 103 Å². The molecule has 98 valence electrons. The molecule has 1 aliphatic carbocycles. The quantitative estimate of drug-likeness (QED) is 0.704. The zero-order valence-electron chi connectivity index (χ0n) is 10.5. The van der Waals surface area contributed by atoms with E-state index in [1.165, 1.54) is 6.42 Å². The first-order valence-corrected chi connectivity index (χ1v) is 6.91. The van der Waals surface area contributed by atoms with Gasteiger partial charge in [-0.25, -0.2) is 0 Å². The SMILES string of the molecule is NC1CCCCCC1C(=O)N1CCC[C@@H]1CO. The number of likely N-dealkylation sites (tertiary alicyclic amines) is 1. The molecule has 0 bridgehead atoms. The van der Waals surface area contributed by atoms with Gasteiger partial charge in [-0.05, 0) is 25.7 Å². The molecule has 0 spiro atoms. The molecule has 1 amide bonds. The zero-order chi connectivity index (χ0) is 12.3. The van der Waals surface area contributed by atoms with E-state index < -0.39 is 0 Å². The molecule has 1 saturated carbocycles. The number of amides is 1. The summed E-state index contributed by atoms with van der Waals surface area (Å²) < 4.78 is 0. The molecule has 0 aromatic heterocycles. The monoisotopic (exact) mass is 240 g/mol. The summed E-state index contributed by atoms with van der Waals surface area (Å²) in [5.74, 6) is 0.181. The van der Waals surface area contributed by atoms with E-state index in [4.69, 9.17) is 5.73 Å². The van der Waals surface area contributed by atoms with Gasteiger partial charge in [0.25, 0.3) is 0 Å². The average molecular weight is 240 g/mol. The minimum absolute atomic E-state index is 0.00958. The van der Waals surface area contributed by atoms with Crippen LogP contribution in [0.5, 0.6) is 0 Å². The van der Waals surface area contributed by atoms with E-state index in [-0.39, 0.29) is 30.5 Å². The third kappa shape index (κ3) is 2.80. The second-order valence-corrected chi connectivity index (χ2v) is 5.42. The summed E-state index contributed by atoms with van der Waals surface area (Å²) in [4.78, 5) is 14.3. The fourth-order valence-electron chi connectivity index (χ4n) is 3.17. The van der Waals surface area contributed by atoms with Gasteiger partial charge in [-0.3, -0.25) is 4.79 Å². The van der Waals surface area contributed by atoms with Gasteiger partial charge >= 0.3 is 0 Å². The summed E-state index contributed by atoms with van der Waals surface area (Å²) in [7, 11) is 0. The van der Waals surface area contributed by atoms with Crippen LogP contribution in [-0.4, -0.2) is 41.1 Å². The van der Waals surface area contributed by atoms with Gasteiger partial charge in [0.1, 0.15) is 0 Å². The molecule has 3 atom stereocenters. The lowest BCUT2D eigenvalue weighted by atomic mass is 9.93. The number of nitrogens with two attached hydrogens (primary N) is 1. The third-order valence-corrected chi connectivity index (χ3v) is 4.26. The first-order chi connectivity index (χ1) is 8.24. The normalized spacial score (nSPS) is 34.7. The molecule has 2 unspecified atom stereocenters. The second kappa shape index (κ2) is 5.83. The van der Waals surface area contributed by atoms with Crippen LogP contribution in [0.4, 0.5) is 0 Å². The predicted molar refractivity (Wildman–Crippen MR) is 66.4 cm³/mol. The molecule has 1 aliphatic heterocycles. The Morgan fingerprint density at radius 1 is 1.18 bits per heavy atom. The highest BCUT2D eigenvalue weighted by Crippen LogP contribution is 2.27. The van der Waals surface area contributed by atoms with E-state index >= 15 is 0 Å². The zero-order valence-corrected chi connectivity index (χ0v) is 10.5. The summed E-state index contributed by atoms with van der Waals surface area (Å²) in [6.07, 6.45) is 7.29. The third-order valence-electron chi connectivity index (χ3n) is 4.26. The van der Waals surface area contributed by atoms with E-state index in [1.807, 2.05) is 4.90 Å². The summed E-state index contributed by atoms with van der Waals surface area (Å²) in [5.41, 5.74) is 6.12. The number of carbonyl (C=O) groups excluding carboxylic acids is 1. The van der Waals surface area contributed by atoms with E-state index in [0.29, 0.717) is 0 Å². The smallest absolute Gasteiger partial charge is 0.227 e. The summed E-state index contributed by atoms with van der Waals surface area (Å²) >= 11 is 0. The molecule has 2 fully saturated rings. The predicted octanol–water partition coefficient (Wildman–Crippen LogP) is 0.877. The molecule has 0 aromatic carbocycles. The Balaban J connectivity index is 2.02. The van der Waals surface area contributed by atoms with Gasteiger partial charge in [0.2, 0.25) is 5.91 Å². The van der Waals surface area contributed by atoms with Crippen LogP contribution in [0.25, 0.3) is 0 Å². The highest BCUT2D eigenvalue weighted by Gasteiger charge is 2.35. The summed E-state index contributed by atoms with van der Waals surface area (Å²) in [6, 6.07) is 0.0582. The maximum atomic E-state index is 12.5. The topological polar surface area (TPSA) is 66.6 Å². The Hall–Kier alpha value is -0.610. The van der Waals surface area contributed by atoms with Crippen molar-refractivity contribution in [1.29, 1.82) is 0 Å². The van der Waals surface area contributed by atoms with E-state index in [1.54, 1.807) is 0 Å². The van der Waals surface area contributed by atoms with Gasteiger partial charge in [0.15, 0.2) is 0 Å². The van der Waals surface area contributed by atoms with Crippen LogP contribution < -0.4 is 5.73 Å². The Bertz CT molecular complexity index is 270. The second-order valence-electron chi connectivity index (χ2n) is 5.42. The van der Waals surface area contributed by atoms with E-state index in [0.717, 1.165) is 45.1 Å². The van der Waals surface area contributed by atoms with Crippen molar-refractivity contribution in [2.45, 2.75) is 57.0 Å². The van der Waals surface area contributed by atoms with E-state index in [9.17, 15) is 9.90 Å². The Morgan fingerprint density at radius 2 is 1.94 bits per heavy atom. The van der Waals surface area contributed by atoms with Crippen molar-refractivity contribution in [3.8, 4) is 0 Å². The maximum absolute atomic E-state index is 12.5. The standard InChI is InChI=1S/C13H24N2O2/c14-12-7-3-1-2-6-11(12)13(17)15-8-4-5-10(15)9-16/h10-12,16H,1-9,14H2/t10-,11?,12?/m1/s1. The van der Waals surface area contributed by atoms with Crippen molar-refractivity contribution < 1.29 is 9.90 Å². The summed E-state index contributed by atoms with van der Waals surface area (Å²) in [6.45, 7) is 0.890. The number of aliphatic hydroxyl groups excluding tert-OH is 1. The van der Waals surface area contributed by atoms with Crippen LogP contribution in [0, 0.1) is 5.92 Å². The molecule has 1 saturated heterocycles. The number of carbonyl (C=O) groups is 1. The van der Waals surface area contributed by atoms with Crippen LogP contribution in [-0.2, 0) is 4.79 Å². The molecule has 0 aromatic rings. The first-order valence-electron chi connectivity index (χ1n) is 6.91. The number of hydrogen-bond acceptors (Lipinski definition) is 3. The van der Waals surface area contributed by atoms with Gasteiger partial charge in [0.05, 0.1) is 18.6 Å². The van der Waals surface area contributed by atoms with Crippen LogP contribution in [0.2, 0.25) is 0 Å². The van der Waals surface area contributed by atoms with Gasteiger partial charge in [-0.1, -0.05) is 19.3 Å². The molecule has 0 radical (unpaired) electrons. The molecule has 17 heavy (non-hydrogen) atoms. The van der Waals surface area contributed by atoms with Gasteiger partial charge in [-0.15, -0.1) is 0 Å². The maximum Gasteiger partial charge on any atom is 0.227 e. The molecule has 3 N–H and O–H groups in total. The van der Waals surface area contributed by atoms with Crippen molar-refractivity contribution in [2.75, 3.05) is 13.2 Å². The van der Waals surface area contributed by atoms with Gasteiger partial charge in [-0.2, -0.15) is 0 Å². The average Bonchev–Trinajstić information content (AvgIpc) is 2.71. The number of nitrogens with zero attached hydrogens (tertiary/aromatic N) is 1. The molecule has 4 nitrogen and oxygen atoms in total. The number of hydrogen-bond donors (Lipinski definition) is 2. The Morgan fingerprint density at radius 3 is 2.71 bits per heavy atom. The van der Waals surface area contributed by atoms with Crippen molar-refractivity contribution in [3.05, 3.63) is 0 Å². The lowest BCUT2D eigenvalue weighted by Crippen LogP contribution is -2.46. The molecule has 4 heteroatoms. The van der Waals surface area contributed by atoms with Gasteiger partial charge in [0, 0.05) is 12.6 Å². The molecular formula is C13H24N2O2. The molecule has 2 aliphatic rings. The number of rotatable bonds is 2. The highest BCUT2D eigenvalue weighted by molar-refractivity contribution is 5.80. The molecular weight excluding hydrogens is 216 g/mol. The fraction of sp³-hybridized carbons (Fsp3) is 0.923. The first kappa shape index (κ1) is 12.8. The van der Waals surface area contributed by atoms with Gasteiger partial charge < -0.3 is 15.7 Å². The lowest BCUT2D eigenvalue weighted by molar-refractivity contribution is -0.138. The summed E-state index contributed by atoms with van der Waals surface area (Å²) in [5, 5.41) is 9.28.